The van der Waals surface area contributed by atoms with Crippen LogP contribution < -0.4 is 10.6 Å². The Balaban J connectivity index is 0.000000300. The lowest BCUT2D eigenvalue weighted by atomic mass is 10.0. The van der Waals surface area contributed by atoms with E-state index < -0.39 is 68.8 Å². The van der Waals surface area contributed by atoms with E-state index in [4.69, 9.17) is 12.2 Å². The van der Waals surface area contributed by atoms with Gasteiger partial charge in [-0.2, -0.15) is 26.3 Å². The maximum Gasteiger partial charge on any atom is 0.417 e. The molecule has 0 aromatic heterocycles. The van der Waals surface area contributed by atoms with Crippen molar-refractivity contribution in [1.82, 2.24) is 10.6 Å². The van der Waals surface area contributed by atoms with E-state index in [0.717, 1.165) is 38.5 Å². The summed E-state index contributed by atoms with van der Waals surface area (Å²) in [5.74, 6) is -2.69. The Kier molecular flexibility index (Phi) is 15.1. The van der Waals surface area contributed by atoms with E-state index in [2.05, 4.69) is 20.1 Å². The van der Waals surface area contributed by atoms with Gasteiger partial charge in [0.05, 0.1) is 40.8 Å². The number of esters is 2. The fourth-order valence-corrected chi connectivity index (χ4v) is 5.30. The molecule has 0 aliphatic carbocycles. The summed E-state index contributed by atoms with van der Waals surface area (Å²) in [5, 5.41) is 26.2. The first-order valence-electron chi connectivity index (χ1n) is 15.8. The minimum atomic E-state index is -4.74. The Bertz CT molecular complexity index is 1910. The minimum Gasteiger partial charge on any atom is -0.467 e. The Labute approximate surface area is 318 Å². The molecule has 296 valence electrons. The van der Waals surface area contributed by atoms with Crippen molar-refractivity contribution in [1.29, 1.82) is 0 Å². The summed E-state index contributed by atoms with van der Waals surface area (Å²) in [6.07, 6.45) is -9.46. The second-order valence-electron chi connectivity index (χ2n) is 11.4. The van der Waals surface area contributed by atoms with Crippen molar-refractivity contribution in [2.45, 2.75) is 37.3 Å². The molecule has 0 fully saturated rings. The maximum atomic E-state index is 13.2. The molecule has 0 heterocycles. The average Bonchev–Trinajstić information content (AvgIpc) is 3.16. The Morgan fingerprint density at radius 1 is 0.625 bits per heavy atom. The van der Waals surface area contributed by atoms with E-state index in [1.165, 1.54) is 72.8 Å². The van der Waals surface area contributed by atoms with Crippen molar-refractivity contribution in [3.8, 4) is 0 Å². The highest BCUT2D eigenvalue weighted by Gasteiger charge is 2.36. The molecule has 56 heavy (non-hydrogen) atoms. The molecule has 13 nitrogen and oxygen atoms in total. The third-order valence-electron chi connectivity index (χ3n) is 7.71. The number of ether oxygens (including phenoxy) is 2. The maximum absolute atomic E-state index is 13.2. The number of amides is 1. The van der Waals surface area contributed by atoms with Gasteiger partial charge in [0.25, 0.3) is 17.3 Å². The standard InChI is InChI=1S/C18H15F3N2O5.C18H15F3N2O4S/c1-28-17(25)15(10-11-6-8-12(9-7-11)23(26)27)22-16(24)13-4-2-3-5-14(13)18(19,20)21;1-27-17(24)15(10-11-6-8-12(9-7-11)23(25)26)22-16(28)13-4-2-3-5-14(13)18(19,20)21/h2-9,15H,10H2,1H3,(H,22,24);2-9,15H,10H2,1H3,(H,22,28). The number of benzene rings is 4. The highest BCUT2D eigenvalue weighted by atomic mass is 32.1. The normalized spacial score (nSPS) is 12.1. The molecular formula is C36H30F6N4O9S. The first kappa shape index (κ1) is 44.0. The van der Waals surface area contributed by atoms with E-state index >= 15 is 0 Å². The lowest BCUT2D eigenvalue weighted by Gasteiger charge is -2.20. The van der Waals surface area contributed by atoms with Gasteiger partial charge in [0.2, 0.25) is 0 Å². The molecule has 2 unspecified atom stereocenters. The van der Waals surface area contributed by atoms with Gasteiger partial charge in [0, 0.05) is 42.7 Å². The number of carbonyl (C=O) groups is 3. The van der Waals surface area contributed by atoms with Gasteiger partial charge in [-0.25, -0.2) is 9.59 Å². The number of rotatable bonds is 12. The number of non-ortho nitro benzene ring substituents is 2. The molecule has 0 radical (unpaired) electrons. The Morgan fingerprint density at radius 3 is 1.36 bits per heavy atom. The number of methoxy groups -OCH3 is 2. The van der Waals surface area contributed by atoms with Gasteiger partial charge in [-0.05, 0) is 29.3 Å². The number of nitrogens with zero attached hydrogens (tertiary/aromatic N) is 2. The van der Waals surface area contributed by atoms with Crippen LogP contribution in [0.1, 0.15) is 38.2 Å². The number of nitro groups is 2. The fraction of sp³-hybridized carbons (Fsp3) is 0.222. The van der Waals surface area contributed by atoms with Crippen LogP contribution in [-0.4, -0.2) is 59.0 Å². The van der Waals surface area contributed by atoms with Gasteiger partial charge >= 0.3 is 24.3 Å². The second-order valence-corrected chi connectivity index (χ2v) is 11.8. The first-order valence-corrected chi connectivity index (χ1v) is 16.2. The van der Waals surface area contributed by atoms with Gasteiger partial charge in [0.15, 0.2) is 0 Å². The first-order chi connectivity index (χ1) is 26.3. The van der Waals surface area contributed by atoms with E-state index in [0.29, 0.717) is 11.1 Å². The fourth-order valence-electron chi connectivity index (χ4n) is 4.98. The van der Waals surface area contributed by atoms with Crippen LogP contribution in [0.2, 0.25) is 0 Å². The van der Waals surface area contributed by atoms with Crippen molar-refractivity contribution >= 4 is 46.4 Å². The average molecular weight is 809 g/mol. The zero-order valence-electron chi connectivity index (χ0n) is 29.1. The van der Waals surface area contributed by atoms with Crippen molar-refractivity contribution < 1.29 is 60.0 Å². The van der Waals surface area contributed by atoms with Crippen molar-refractivity contribution in [2.24, 2.45) is 0 Å². The van der Waals surface area contributed by atoms with Crippen molar-refractivity contribution in [3.05, 3.63) is 151 Å². The van der Waals surface area contributed by atoms with Gasteiger partial charge in [-0.3, -0.25) is 25.0 Å². The molecule has 2 N–H and O–H groups in total. The number of thiocarbonyl (C=S) groups is 1. The summed E-state index contributed by atoms with van der Waals surface area (Å²) < 4.78 is 88.1. The summed E-state index contributed by atoms with van der Waals surface area (Å²) in [5.41, 5.74) is -2.25. The zero-order valence-corrected chi connectivity index (χ0v) is 29.9. The van der Waals surface area contributed by atoms with Crippen molar-refractivity contribution in [3.63, 3.8) is 0 Å². The molecule has 0 aliphatic rings. The molecular weight excluding hydrogens is 778 g/mol. The molecule has 4 rings (SSSR count). The third-order valence-corrected chi connectivity index (χ3v) is 8.05. The summed E-state index contributed by atoms with van der Waals surface area (Å²) in [4.78, 5) is 56.4. The molecule has 0 saturated heterocycles. The van der Waals surface area contributed by atoms with Crippen LogP contribution in [0.4, 0.5) is 37.7 Å². The van der Waals surface area contributed by atoms with Crippen LogP contribution in [0.5, 0.6) is 0 Å². The number of nitrogens with one attached hydrogen (secondary N) is 2. The monoisotopic (exact) mass is 808 g/mol. The predicted octanol–water partition coefficient (Wildman–Crippen LogP) is 6.79. The number of hydrogen-bond acceptors (Lipinski definition) is 10. The quantitative estimate of drug-likeness (QED) is 0.0506. The third kappa shape index (κ3) is 12.3. The Morgan fingerprint density at radius 2 is 0.982 bits per heavy atom. The highest BCUT2D eigenvalue weighted by Crippen LogP contribution is 2.33. The van der Waals surface area contributed by atoms with Crippen molar-refractivity contribution in [2.75, 3.05) is 14.2 Å². The molecule has 4 aromatic rings. The summed E-state index contributed by atoms with van der Waals surface area (Å²) in [6.45, 7) is 0. The SMILES string of the molecule is COC(=O)C(Cc1ccc([N+](=O)[O-])cc1)NC(=O)c1ccccc1C(F)(F)F.COC(=O)C(Cc1ccc([N+](=O)[O-])cc1)NC(=S)c1ccccc1C(F)(F)F. The van der Waals surface area contributed by atoms with E-state index in [9.17, 15) is 61.0 Å². The molecule has 4 aromatic carbocycles. The second kappa shape index (κ2) is 19.2. The number of carbonyl (C=O) groups excluding carboxylic acids is 3. The number of nitro benzene ring substituents is 2. The molecule has 2 atom stereocenters. The van der Waals surface area contributed by atoms with Gasteiger partial charge in [-0.1, -0.05) is 66.8 Å². The number of hydrogen-bond donors (Lipinski definition) is 2. The van der Waals surface area contributed by atoms with Gasteiger partial charge in [-0.15, -0.1) is 0 Å². The summed E-state index contributed by atoms with van der Waals surface area (Å²) >= 11 is 5.08. The van der Waals surface area contributed by atoms with E-state index in [-0.39, 0.29) is 34.8 Å². The zero-order chi connectivity index (χ0) is 41.8. The molecule has 0 bridgehead atoms. The summed E-state index contributed by atoms with van der Waals surface area (Å²) in [7, 11) is 2.21. The van der Waals surface area contributed by atoms with Crippen LogP contribution in [0.3, 0.4) is 0 Å². The van der Waals surface area contributed by atoms with Crippen LogP contribution in [-0.2, 0) is 44.3 Å². The molecule has 0 aliphatic heterocycles. The van der Waals surface area contributed by atoms with Crippen LogP contribution >= 0.6 is 12.2 Å². The molecule has 1 amide bonds. The lowest BCUT2D eigenvalue weighted by Crippen LogP contribution is -2.43. The lowest BCUT2D eigenvalue weighted by molar-refractivity contribution is -0.385. The predicted molar refractivity (Wildman–Crippen MR) is 190 cm³/mol. The highest BCUT2D eigenvalue weighted by molar-refractivity contribution is 7.80. The molecule has 0 saturated carbocycles. The van der Waals surface area contributed by atoms with E-state index in [1.54, 1.807) is 0 Å². The van der Waals surface area contributed by atoms with E-state index in [1.807, 2.05) is 0 Å². The van der Waals surface area contributed by atoms with Gasteiger partial charge < -0.3 is 20.1 Å². The van der Waals surface area contributed by atoms with Gasteiger partial charge in [0.1, 0.15) is 17.1 Å². The minimum absolute atomic E-state index is 0.0129. The van der Waals surface area contributed by atoms with Crippen LogP contribution in [0.15, 0.2) is 97.1 Å². The largest absolute Gasteiger partial charge is 0.467 e. The molecule has 20 heteroatoms. The van der Waals surface area contributed by atoms with Crippen LogP contribution in [0.25, 0.3) is 0 Å². The smallest absolute Gasteiger partial charge is 0.417 e. The van der Waals surface area contributed by atoms with Crippen LogP contribution in [0, 0.1) is 20.2 Å². The number of alkyl halides is 6. The Hall–Kier alpha value is -6.44. The topological polar surface area (TPSA) is 180 Å². The molecule has 0 spiro atoms. The number of halogens is 6. The summed E-state index contributed by atoms with van der Waals surface area (Å²) in [6, 6.07) is 17.2.